The van der Waals surface area contributed by atoms with Crippen molar-refractivity contribution in [1.82, 2.24) is 4.68 Å². The molecule has 0 unspecified atom stereocenters. The molecule has 0 aliphatic carbocycles. The third kappa shape index (κ3) is 1.47. The molecule has 0 bridgehead atoms. The van der Waals surface area contributed by atoms with E-state index in [9.17, 15) is 0 Å². The van der Waals surface area contributed by atoms with Crippen molar-refractivity contribution in [2.24, 2.45) is 0 Å². The second kappa shape index (κ2) is 4.20. The Labute approximate surface area is 130 Å². The molecule has 1 aromatic heterocycles. The standard InChI is InChI=1S/C19H18N3/c1-11-12(2)14(4)19-17(13(11)3)10-21-9-15-6-7-16(20-5)8-18(15)22(19)21/h6-9H,10H2,1-4H3/q+1. The van der Waals surface area contributed by atoms with Gasteiger partial charge in [-0.15, -0.1) is 9.36 Å². The summed E-state index contributed by atoms with van der Waals surface area (Å²) in [6, 6.07) is 5.94. The predicted octanol–water partition coefficient (Wildman–Crippen LogP) is 4.06. The minimum Gasteiger partial charge on any atom is -0.238 e. The van der Waals surface area contributed by atoms with Crippen molar-refractivity contribution in [3.8, 4) is 5.69 Å². The second-order valence-corrected chi connectivity index (χ2v) is 6.22. The first-order valence-electron chi connectivity index (χ1n) is 7.55. The highest BCUT2D eigenvalue weighted by molar-refractivity contribution is 5.84. The maximum absolute atomic E-state index is 7.26. The Hall–Kier alpha value is -2.60. The fraction of sp³-hybridized carbons (Fsp3) is 0.263. The number of nitrogens with zero attached hydrogens (tertiary/aromatic N) is 3. The average molecular weight is 288 g/mol. The van der Waals surface area contributed by atoms with E-state index in [2.05, 4.69) is 48.1 Å². The third-order valence-electron chi connectivity index (χ3n) is 5.23. The first-order chi connectivity index (χ1) is 10.5. The van der Waals surface area contributed by atoms with Gasteiger partial charge >= 0.3 is 0 Å². The fourth-order valence-corrected chi connectivity index (χ4v) is 3.63. The Balaban J connectivity index is 2.14. The molecule has 2 heterocycles. The zero-order valence-electron chi connectivity index (χ0n) is 13.4. The van der Waals surface area contributed by atoms with Gasteiger partial charge in [0.15, 0.2) is 12.2 Å². The molecule has 2 aromatic carbocycles. The Kier molecular flexibility index (Phi) is 2.50. The predicted molar refractivity (Wildman–Crippen MR) is 87.8 cm³/mol. The first kappa shape index (κ1) is 13.1. The molecule has 0 saturated heterocycles. The van der Waals surface area contributed by atoms with E-state index in [1.807, 2.05) is 18.2 Å². The SMILES string of the molecule is [C-]#[N+]c1ccc2c[n+]3n(c2c1)-c1c(C)c(C)c(C)c(C)c1C3. The molecule has 22 heavy (non-hydrogen) atoms. The fourth-order valence-electron chi connectivity index (χ4n) is 3.63. The topological polar surface area (TPSA) is 13.2 Å². The maximum atomic E-state index is 7.26. The van der Waals surface area contributed by atoms with Gasteiger partial charge in [0.2, 0.25) is 6.20 Å². The number of aromatic nitrogens is 2. The quantitative estimate of drug-likeness (QED) is 0.342. The van der Waals surface area contributed by atoms with Crippen molar-refractivity contribution in [2.75, 3.05) is 0 Å². The molecule has 3 heteroatoms. The Morgan fingerprint density at radius 2 is 1.77 bits per heavy atom. The van der Waals surface area contributed by atoms with Gasteiger partial charge in [0.1, 0.15) is 11.2 Å². The van der Waals surface area contributed by atoms with Gasteiger partial charge in [-0.2, -0.15) is 0 Å². The van der Waals surface area contributed by atoms with Gasteiger partial charge in [-0.05, 0) is 56.0 Å². The molecule has 108 valence electrons. The van der Waals surface area contributed by atoms with E-state index < -0.39 is 0 Å². The van der Waals surface area contributed by atoms with E-state index in [1.54, 1.807) is 0 Å². The zero-order valence-corrected chi connectivity index (χ0v) is 13.4. The monoisotopic (exact) mass is 288 g/mol. The molecule has 4 rings (SSSR count). The van der Waals surface area contributed by atoms with Gasteiger partial charge in [-0.3, -0.25) is 0 Å². The summed E-state index contributed by atoms with van der Waals surface area (Å²) in [6.07, 6.45) is 2.19. The van der Waals surface area contributed by atoms with Crippen LogP contribution in [0.5, 0.6) is 0 Å². The molecule has 0 N–H and O–H groups in total. The summed E-state index contributed by atoms with van der Waals surface area (Å²) in [7, 11) is 0. The number of fused-ring (bicyclic) bond motifs is 5. The van der Waals surface area contributed by atoms with Crippen LogP contribution in [0.2, 0.25) is 0 Å². The number of hydrogen-bond donors (Lipinski definition) is 0. The second-order valence-electron chi connectivity index (χ2n) is 6.22. The van der Waals surface area contributed by atoms with Crippen LogP contribution in [0.15, 0.2) is 24.4 Å². The maximum Gasteiger partial charge on any atom is 0.204 e. The highest BCUT2D eigenvalue weighted by Crippen LogP contribution is 2.34. The number of rotatable bonds is 0. The van der Waals surface area contributed by atoms with Gasteiger partial charge in [-0.1, -0.05) is 12.1 Å². The summed E-state index contributed by atoms with van der Waals surface area (Å²) in [5.41, 5.74) is 10.0. The van der Waals surface area contributed by atoms with Crippen LogP contribution in [0.3, 0.4) is 0 Å². The normalized spacial score (nSPS) is 12.3. The van der Waals surface area contributed by atoms with Gasteiger partial charge < -0.3 is 0 Å². The van der Waals surface area contributed by atoms with Crippen molar-refractivity contribution in [3.05, 3.63) is 63.6 Å². The summed E-state index contributed by atoms with van der Waals surface area (Å²) in [5, 5.41) is 1.19. The molecule has 0 saturated carbocycles. The van der Waals surface area contributed by atoms with Crippen LogP contribution in [0.25, 0.3) is 21.4 Å². The lowest BCUT2D eigenvalue weighted by molar-refractivity contribution is -0.749. The van der Waals surface area contributed by atoms with Gasteiger partial charge in [0.25, 0.3) is 0 Å². The van der Waals surface area contributed by atoms with Gasteiger partial charge in [0, 0.05) is 0 Å². The smallest absolute Gasteiger partial charge is 0.204 e. The largest absolute Gasteiger partial charge is 0.238 e. The molecule has 0 amide bonds. The summed E-state index contributed by atoms with van der Waals surface area (Å²) >= 11 is 0. The minimum atomic E-state index is 0.695. The lowest BCUT2D eigenvalue weighted by atomic mass is 9.92. The number of hydrogen-bond acceptors (Lipinski definition) is 0. The molecule has 0 fully saturated rings. The van der Waals surface area contributed by atoms with Crippen LogP contribution >= 0.6 is 0 Å². The molecule has 1 aliphatic heterocycles. The molecule has 1 aliphatic rings. The molecular weight excluding hydrogens is 270 g/mol. The van der Waals surface area contributed by atoms with Crippen LogP contribution in [0.4, 0.5) is 5.69 Å². The van der Waals surface area contributed by atoms with Crippen molar-refractivity contribution < 1.29 is 4.68 Å². The van der Waals surface area contributed by atoms with Crippen molar-refractivity contribution in [1.29, 1.82) is 0 Å². The van der Waals surface area contributed by atoms with Crippen molar-refractivity contribution >= 4 is 16.6 Å². The van der Waals surface area contributed by atoms with E-state index in [0.29, 0.717) is 5.69 Å². The van der Waals surface area contributed by atoms with Crippen LogP contribution in [-0.2, 0) is 6.54 Å². The molecule has 0 radical (unpaired) electrons. The van der Waals surface area contributed by atoms with E-state index in [1.165, 1.54) is 38.9 Å². The molecular formula is C19H18N3+. The molecule has 3 aromatic rings. The molecule has 3 nitrogen and oxygen atoms in total. The first-order valence-corrected chi connectivity index (χ1v) is 7.55. The summed E-state index contributed by atoms with van der Waals surface area (Å²) in [4.78, 5) is 3.58. The molecule has 0 atom stereocenters. The van der Waals surface area contributed by atoms with Gasteiger partial charge in [0.05, 0.1) is 17.5 Å². The summed E-state index contributed by atoms with van der Waals surface area (Å²) < 4.78 is 4.55. The summed E-state index contributed by atoms with van der Waals surface area (Å²) in [6.45, 7) is 17.0. The lowest BCUT2D eigenvalue weighted by Gasteiger charge is -2.13. The van der Waals surface area contributed by atoms with Crippen LogP contribution < -0.4 is 4.68 Å². The van der Waals surface area contributed by atoms with Crippen molar-refractivity contribution in [2.45, 2.75) is 34.2 Å². The Morgan fingerprint density at radius 1 is 1.05 bits per heavy atom. The summed E-state index contributed by atoms with van der Waals surface area (Å²) in [5.74, 6) is 0. The van der Waals surface area contributed by atoms with Gasteiger partial charge in [-0.25, -0.2) is 4.85 Å². The van der Waals surface area contributed by atoms with E-state index in [-0.39, 0.29) is 0 Å². The Bertz CT molecular complexity index is 1000. The van der Waals surface area contributed by atoms with E-state index in [4.69, 9.17) is 6.57 Å². The van der Waals surface area contributed by atoms with E-state index in [0.717, 1.165) is 12.1 Å². The minimum absolute atomic E-state index is 0.695. The van der Waals surface area contributed by atoms with Crippen molar-refractivity contribution in [3.63, 3.8) is 0 Å². The highest BCUT2D eigenvalue weighted by atomic mass is 15.4. The van der Waals surface area contributed by atoms with Crippen LogP contribution in [0.1, 0.15) is 27.8 Å². The van der Waals surface area contributed by atoms with E-state index >= 15 is 0 Å². The third-order valence-corrected chi connectivity index (χ3v) is 5.23. The zero-order chi connectivity index (χ0) is 15.6. The Morgan fingerprint density at radius 3 is 2.50 bits per heavy atom. The average Bonchev–Trinajstić information content (AvgIpc) is 3.06. The van der Waals surface area contributed by atoms with Crippen LogP contribution in [0, 0.1) is 34.3 Å². The molecule has 0 spiro atoms. The highest BCUT2D eigenvalue weighted by Gasteiger charge is 2.32. The number of benzene rings is 2. The lowest BCUT2D eigenvalue weighted by Crippen LogP contribution is -2.36. The van der Waals surface area contributed by atoms with Crippen LogP contribution in [-0.4, -0.2) is 4.68 Å².